The highest BCUT2D eigenvalue weighted by Gasteiger charge is 2.23. The minimum atomic E-state index is -0.421. The molecule has 0 radical (unpaired) electrons. The molecule has 3 heterocycles. The summed E-state index contributed by atoms with van der Waals surface area (Å²) in [6, 6.07) is 3.44. The molecule has 0 aliphatic carbocycles. The van der Waals surface area contributed by atoms with Gasteiger partial charge < -0.3 is 10.0 Å². The molecule has 1 unspecified atom stereocenters. The number of piperidine rings is 1. The van der Waals surface area contributed by atoms with Gasteiger partial charge in [0.1, 0.15) is 12.7 Å². The van der Waals surface area contributed by atoms with Gasteiger partial charge in [-0.25, -0.2) is 14.6 Å². The van der Waals surface area contributed by atoms with E-state index in [1.54, 1.807) is 23.4 Å². The molecule has 0 spiro atoms. The van der Waals surface area contributed by atoms with Gasteiger partial charge in [0.25, 0.3) is 5.91 Å². The topological polar surface area (TPSA) is 84.1 Å². The Hall–Kier alpha value is -2.28. The van der Waals surface area contributed by atoms with Gasteiger partial charge in [0.05, 0.1) is 11.7 Å². The van der Waals surface area contributed by atoms with Crippen molar-refractivity contribution in [1.29, 1.82) is 0 Å². The third kappa shape index (κ3) is 2.53. The maximum atomic E-state index is 12.3. The minimum absolute atomic E-state index is 0.0959. The summed E-state index contributed by atoms with van der Waals surface area (Å²) in [5, 5.41) is 13.6. The van der Waals surface area contributed by atoms with E-state index >= 15 is 0 Å². The summed E-state index contributed by atoms with van der Waals surface area (Å²) in [6.45, 7) is 1.07. The van der Waals surface area contributed by atoms with Gasteiger partial charge in [-0.05, 0) is 25.0 Å². The Morgan fingerprint density at radius 2 is 2.30 bits per heavy atom. The van der Waals surface area contributed by atoms with Crippen LogP contribution in [0.5, 0.6) is 0 Å². The van der Waals surface area contributed by atoms with Crippen molar-refractivity contribution in [2.45, 2.75) is 18.9 Å². The average molecular weight is 273 g/mol. The molecule has 2 aromatic heterocycles. The van der Waals surface area contributed by atoms with Crippen molar-refractivity contribution in [2.75, 3.05) is 13.1 Å². The standard InChI is InChI=1S/C13H15N5O2/c19-11-2-1-5-17(7-11)13(20)10-3-4-12(15-6-10)18-9-14-8-16-18/h3-4,6,8-9,11,19H,1-2,5,7H2. The Balaban J connectivity index is 1.75. The average Bonchev–Trinajstić information content (AvgIpc) is 3.01. The van der Waals surface area contributed by atoms with Crippen LogP contribution in [0.1, 0.15) is 23.2 Å². The number of aromatic nitrogens is 4. The second kappa shape index (κ2) is 5.38. The van der Waals surface area contributed by atoms with E-state index in [-0.39, 0.29) is 5.91 Å². The van der Waals surface area contributed by atoms with Crippen molar-refractivity contribution >= 4 is 5.91 Å². The van der Waals surface area contributed by atoms with Crippen molar-refractivity contribution in [3.8, 4) is 5.82 Å². The molecule has 7 nitrogen and oxygen atoms in total. The first-order chi connectivity index (χ1) is 9.74. The third-order valence-electron chi connectivity index (χ3n) is 3.33. The number of carbonyl (C=O) groups excluding carboxylic acids is 1. The van der Waals surface area contributed by atoms with E-state index < -0.39 is 6.10 Å². The fraction of sp³-hybridized carbons (Fsp3) is 0.385. The first kappa shape index (κ1) is 12.7. The molecule has 1 fully saturated rings. The van der Waals surface area contributed by atoms with Crippen LogP contribution >= 0.6 is 0 Å². The Morgan fingerprint density at radius 1 is 1.40 bits per heavy atom. The van der Waals surface area contributed by atoms with Crippen molar-refractivity contribution in [3.05, 3.63) is 36.5 Å². The molecule has 20 heavy (non-hydrogen) atoms. The lowest BCUT2D eigenvalue weighted by Gasteiger charge is -2.30. The van der Waals surface area contributed by atoms with Gasteiger partial charge in [-0.15, -0.1) is 0 Å². The Morgan fingerprint density at radius 3 is 2.95 bits per heavy atom. The van der Waals surface area contributed by atoms with Gasteiger partial charge in [0.2, 0.25) is 0 Å². The second-order valence-corrected chi connectivity index (χ2v) is 4.79. The number of β-amino-alcohol motifs (C(OH)–C–C–N with tert-alkyl or cyclic N) is 1. The first-order valence-corrected chi connectivity index (χ1v) is 6.52. The molecule has 1 saturated heterocycles. The highest BCUT2D eigenvalue weighted by atomic mass is 16.3. The number of hydrogen-bond donors (Lipinski definition) is 1. The zero-order valence-electron chi connectivity index (χ0n) is 10.9. The van der Waals surface area contributed by atoms with Gasteiger partial charge in [-0.1, -0.05) is 0 Å². The summed E-state index contributed by atoms with van der Waals surface area (Å²) < 4.78 is 1.53. The lowest BCUT2D eigenvalue weighted by Crippen LogP contribution is -2.42. The first-order valence-electron chi connectivity index (χ1n) is 6.52. The number of likely N-dealkylation sites (tertiary alicyclic amines) is 1. The molecule has 3 rings (SSSR count). The largest absolute Gasteiger partial charge is 0.391 e. The van der Waals surface area contributed by atoms with Crippen LogP contribution in [0.4, 0.5) is 0 Å². The smallest absolute Gasteiger partial charge is 0.255 e. The quantitative estimate of drug-likeness (QED) is 0.848. The highest BCUT2D eigenvalue weighted by molar-refractivity contribution is 5.94. The molecule has 0 saturated carbocycles. The van der Waals surface area contributed by atoms with E-state index in [2.05, 4.69) is 15.1 Å². The molecule has 1 atom stereocenters. The van der Waals surface area contributed by atoms with Crippen molar-refractivity contribution < 1.29 is 9.90 Å². The summed E-state index contributed by atoms with van der Waals surface area (Å²) in [6.07, 6.45) is 5.67. The highest BCUT2D eigenvalue weighted by Crippen LogP contribution is 2.14. The predicted octanol–water partition coefficient (Wildman–Crippen LogP) is 0.259. The zero-order valence-corrected chi connectivity index (χ0v) is 10.9. The Bertz CT molecular complexity index is 581. The third-order valence-corrected chi connectivity index (χ3v) is 3.33. The molecule has 1 aliphatic rings. The SMILES string of the molecule is O=C(c1ccc(-n2cncn2)nc1)N1CCCC(O)C1. The summed E-state index contributed by atoms with van der Waals surface area (Å²) >= 11 is 0. The molecule has 104 valence electrons. The van der Waals surface area contributed by atoms with E-state index in [9.17, 15) is 9.90 Å². The molecule has 0 bridgehead atoms. The number of aliphatic hydroxyl groups excluding tert-OH is 1. The van der Waals surface area contributed by atoms with Gasteiger partial charge in [-0.3, -0.25) is 4.79 Å². The lowest BCUT2D eigenvalue weighted by atomic mass is 10.1. The van der Waals surface area contributed by atoms with Crippen LogP contribution in [-0.2, 0) is 0 Å². The van der Waals surface area contributed by atoms with Crippen LogP contribution in [0.25, 0.3) is 5.82 Å². The van der Waals surface area contributed by atoms with Crippen molar-refractivity contribution in [1.82, 2.24) is 24.6 Å². The molecule has 1 aliphatic heterocycles. The maximum Gasteiger partial charge on any atom is 0.255 e. The fourth-order valence-electron chi connectivity index (χ4n) is 2.30. The normalized spacial score (nSPS) is 19.1. The number of aliphatic hydroxyl groups is 1. The summed E-state index contributed by atoms with van der Waals surface area (Å²) in [7, 11) is 0. The van der Waals surface area contributed by atoms with Crippen LogP contribution in [0.2, 0.25) is 0 Å². The fourth-order valence-corrected chi connectivity index (χ4v) is 2.30. The monoisotopic (exact) mass is 273 g/mol. The minimum Gasteiger partial charge on any atom is -0.391 e. The molecule has 2 aromatic rings. The van der Waals surface area contributed by atoms with Crippen molar-refractivity contribution in [2.24, 2.45) is 0 Å². The molecular formula is C13H15N5O2. The number of carbonyl (C=O) groups is 1. The van der Waals surface area contributed by atoms with E-state index in [4.69, 9.17) is 0 Å². The summed E-state index contributed by atoms with van der Waals surface area (Å²) in [4.78, 5) is 22.0. The number of pyridine rings is 1. The van der Waals surface area contributed by atoms with Crippen LogP contribution in [0.3, 0.4) is 0 Å². The molecule has 1 amide bonds. The predicted molar refractivity (Wildman–Crippen MR) is 70.3 cm³/mol. The van der Waals surface area contributed by atoms with Gasteiger partial charge in [-0.2, -0.15) is 5.10 Å². The molecule has 0 aromatic carbocycles. The second-order valence-electron chi connectivity index (χ2n) is 4.79. The van der Waals surface area contributed by atoms with Gasteiger partial charge in [0.15, 0.2) is 5.82 Å². The van der Waals surface area contributed by atoms with Gasteiger partial charge in [0, 0.05) is 19.3 Å². The zero-order chi connectivity index (χ0) is 13.9. The summed E-state index contributed by atoms with van der Waals surface area (Å²) in [5.74, 6) is 0.513. The van der Waals surface area contributed by atoms with E-state index in [1.807, 2.05) is 0 Å². The van der Waals surface area contributed by atoms with Crippen LogP contribution in [0.15, 0.2) is 31.0 Å². The number of rotatable bonds is 2. The molecule has 7 heteroatoms. The number of amides is 1. The van der Waals surface area contributed by atoms with E-state index in [0.717, 1.165) is 12.8 Å². The van der Waals surface area contributed by atoms with Crippen molar-refractivity contribution in [3.63, 3.8) is 0 Å². The van der Waals surface area contributed by atoms with Crippen LogP contribution in [0, 0.1) is 0 Å². The lowest BCUT2D eigenvalue weighted by molar-refractivity contribution is 0.0473. The maximum absolute atomic E-state index is 12.3. The van der Waals surface area contributed by atoms with Crippen LogP contribution in [-0.4, -0.2) is 54.9 Å². The van der Waals surface area contributed by atoms with E-state index in [1.165, 1.54) is 17.2 Å². The Labute approximate surface area is 115 Å². The van der Waals surface area contributed by atoms with E-state index in [0.29, 0.717) is 24.5 Å². The van der Waals surface area contributed by atoms with Gasteiger partial charge >= 0.3 is 0 Å². The Kier molecular flexibility index (Phi) is 3.42. The summed E-state index contributed by atoms with van der Waals surface area (Å²) in [5.41, 5.74) is 0.517. The molecule has 1 N–H and O–H groups in total. The van der Waals surface area contributed by atoms with Crippen LogP contribution < -0.4 is 0 Å². The molecular weight excluding hydrogens is 258 g/mol. The number of nitrogens with zero attached hydrogens (tertiary/aromatic N) is 5. The number of hydrogen-bond acceptors (Lipinski definition) is 5.